The minimum absolute atomic E-state index is 0.188. The number of halogens is 1. The minimum Gasteiger partial charge on any atom is -0.490 e. The highest BCUT2D eigenvalue weighted by atomic mass is 19.1. The SMILES string of the molecule is CCOc1cccc(CNC2CCCCCC2)c1OCc1ccccc1F. The molecule has 0 heterocycles. The average Bonchev–Trinajstić information content (AvgIpc) is 2.96. The first-order valence-corrected chi connectivity index (χ1v) is 10.1. The zero-order valence-electron chi connectivity index (χ0n) is 16.2. The summed E-state index contributed by atoms with van der Waals surface area (Å²) in [5, 5.41) is 3.69. The Balaban J connectivity index is 1.72. The summed E-state index contributed by atoms with van der Waals surface area (Å²) in [6.45, 7) is 3.44. The maximum Gasteiger partial charge on any atom is 0.166 e. The van der Waals surface area contributed by atoms with E-state index in [-0.39, 0.29) is 12.4 Å². The molecule has 146 valence electrons. The van der Waals surface area contributed by atoms with Crippen molar-refractivity contribution in [2.45, 2.75) is 64.6 Å². The lowest BCUT2D eigenvalue weighted by Crippen LogP contribution is -2.28. The van der Waals surface area contributed by atoms with Gasteiger partial charge in [0.05, 0.1) is 6.61 Å². The number of hydrogen-bond donors (Lipinski definition) is 1. The fourth-order valence-corrected chi connectivity index (χ4v) is 3.64. The number of rotatable bonds is 8. The van der Waals surface area contributed by atoms with E-state index in [1.54, 1.807) is 12.1 Å². The van der Waals surface area contributed by atoms with E-state index in [1.165, 1.54) is 44.6 Å². The average molecular weight is 371 g/mol. The number of ether oxygens (including phenoxy) is 2. The summed E-state index contributed by atoms with van der Waals surface area (Å²) in [5.41, 5.74) is 1.60. The Morgan fingerprint density at radius 1 is 0.926 bits per heavy atom. The zero-order chi connectivity index (χ0) is 18.9. The topological polar surface area (TPSA) is 30.5 Å². The zero-order valence-corrected chi connectivity index (χ0v) is 16.2. The largest absolute Gasteiger partial charge is 0.490 e. The van der Waals surface area contributed by atoms with E-state index in [0.29, 0.717) is 29.7 Å². The van der Waals surface area contributed by atoms with Crippen molar-refractivity contribution in [3.8, 4) is 11.5 Å². The minimum atomic E-state index is -0.246. The Labute approximate surface area is 161 Å². The molecule has 1 aliphatic rings. The lowest BCUT2D eigenvalue weighted by atomic mass is 10.1. The van der Waals surface area contributed by atoms with Gasteiger partial charge in [-0.25, -0.2) is 4.39 Å². The van der Waals surface area contributed by atoms with Crippen LogP contribution in [0.5, 0.6) is 11.5 Å². The molecule has 0 saturated heterocycles. The van der Waals surface area contributed by atoms with Gasteiger partial charge in [0.25, 0.3) is 0 Å². The molecule has 0 radical (unpaired) electrons. The standard InChI is InChI=1S/C23H30FNO2/c1-2-26-22-15-9-11-18(16-25-20-12-5-3-4-6-13-20)23(22)27-17-19-10-7-8-14-21(19)24/h7-11,14-15,20,25H,2-6,12-13,16-17H2,1H3. The van der Waals surface area contributed by atoms with Crippen molar-refractivity contribution in [3.05, 3.63) is 59.4 Å². The van der Waals surface area contributed by atoms with Crippen molar-refractivity contribution >= 4 is 0 Å². The summed E-state index contributed by atoms with van der Waals surface area (Å²) in [7, 11) is 0. The fraction of sp³-hybridized carbons (Fsp3) is 0.478. The van der Waals surface area contributed by atoms with Crippen LogP contribution < -0.4 is 14.8 Å². The maximum atomic E-state index is 13.9. The third-order valence-electron chi connectivity index (χ3n) is 5.13. The van der Waals surface area contributed by atoms with Gasteiger partial charge in [-0.2, -0.15) is 0 Å². The van der Waals surface area contributed by atoms with Crippen LogP contribution in [0, 0.1) is 5.82 Å². The predicted octanol–water partition coefficient (Wildman–Crippen LogP) is 5.62. The smallest absolute Gasteiger partial charge is 0.166 e. The van der Waals surface area contributed by atoms with Gasteiger partial charge < -0.3 is 14.8 Å². The molecule has 3 nitrogen and oxygen atoms in total. The highest BCUT2D eigenvalue weighted by Crippen LogP contribution is 2.32. The quantitative estimate of drug-likeness (QED) is 0.611. The Bertz CT molecular complexity index is 711. The highest BCUT2D eigenvalue weighted by molar-refractivity contribution is 5.47. The monoisotopic (exact) mass is 371 g/mol. The number of benzene rings is 2. The van der Waals surface area contributed by atoms with Crippen LogP contribution in [-0.2, 0) is 13.2 Å². The van der Waals surface area contributed by atoms with Gasteiger partial charge in [0.15, 0.2) is 11.5 Å². The van der Waals surface area contributed by atoms with E-state index < -0.39 is 0 Å². The number of hydrogen-bond acceptors (Lipinski definition) is 3. The lowest BCUT2D eigenvalue weighted by molar-refractivity contribution is 0.262. The van der Waals surface area contributed by atoms with Crippen LogP contribution in [0.3, 0.4) is 0 Å². The third kappa shape index (κ3) is 5.70. The molecule has 1 fully saturated rings. The summed E-state index contributed by atoms with van der Waals surface area (Å²) in [4.78, 5) is 0. The third-order valence-corrected chi connectivity index (χ3v) is 5.13. The molecular formula is C23H30FNO2. The van der Waals surface area contributed by atoms with E-state index in [2.05, 4.69) is 11.4 Å². The van der Waals surface area contributed by atoms with Crippen molar-refractivity contribution in [2.75, 3.05) is 6.61 Å². The van der Waals surface area contributed by atoms with Crippen LogP contribution >= 0.6 is 0 Å². The van der Waals surface area contributed by atoms with Gasteiger partial charge in [0.2, 0.25) is 0 Å². The molecule has 2 aromatic carbocycles. The van der Waals surface area contributed by atoms with E-state index in [4.69, 9.17) is 9.47 Å². The number of para-hydroxylation sites is 1. The molecule has 0 aliphatic heterocycles. The van der Waals surface area contributed by atoms with E-state index in [0.717, 1.165) is 12.1 Å². The first-order valence-electron chi connectivity index (χ1n) is 10.1. The summed E-state index contributed by atoms with van der Waals surface area (Å²) in [6, 6.07) is 13.2. The second-order valence-corrected chi connectivity index (χ2v) is 7.13. The first kappa shape index (κ1) is 19.7. The fourth-order valence-electron chi connectivity index (χ4n) is 3.64. The van der Waals surface area contributed by atoms with Gasteiger partial charge in [-0.15, -0.1) is 0 Å². The summed E-state index contributed by atoms with van der Waals surface area (Å²) >= 11 is 0. The second kappa shape index (κ2) is 10.3. The Kier molecular flexibility index (Phi) is 7.52. The van der Waals surface area contributed by atoms with Crippen molar-refractivity contribution in [1.29, 1.82) is 0 Å². The van der Waals surface area contributed by atoms with E-state index in [9.17, 15) is 4.39 Å². The van der Waals surface area contributed by atoms with Crippen molar-refractivity contribution in [3.63, 3.8) is 0 Å². The van der Waals surface area contributed by atoms with Crippen LogP contribution in [0.25, 0.3) is 0 Å². The van der Waals surface area contributed by atoms with Crippen LogP contribution in [0.1, 0.15) is 56.6 Å². The van der Waals surface area contributed by atoms with Gasteiger partial charge in [0.1, 0.15) is 12.4 Å². The Hall–Kier alpha value is -2.07. The Morgan fingerprint density at radius 3 is 2.41 bits per heavy atom. The molecule has 0 spiro atoms. The molecule has 1 saturated carbocycles. The van der Waals surface area contributed by atoms with Crippen molar-refractivity contribution in [1.82, 2.24) is 5.32 Å². The van der Waals surface area contributed by atoms with Crippen molar-refractivity contribution in [2.24, 2.45) is 0 Å². The summed E-state index contributed by atoms with van der Waals surface area (Å²) in [5.74, 6) is 1.18. The molecule has 0 unspecified atom stereocenters. The van der Waals surface area contributed by atoms with E-state index >= 15 is 0 Å². The predicted molar refractivity (Wildman–Crippen MR) is 107 cm³/mol. The van der Waals surface area contributed by atoms with Crippen molar-refractivity contribution < 1.29 is 13.9 Å². The maximum absolute atomic E-state index is 13.9. The molecule has 2 aromatic rings. The molecule has 1 aliphatic carbocycles. The molecule has 0 aromatic heterocycles. The molecule has 3 rings (SSSR count). The molecule has 27 heavy (non-hydrogen) atoms. The van der Waals surface area contributed by atoms with Crippen LogP contribution in [0.2, 0.25) is 0 Å². The second-order valence-electron chi connectivity index (χ2n) is 7.13. The lowest BCUT2D eigenvalue weighted by Gasteiger charge is -2.20. The van der Waals surface area contributed by atoms with Crippen LogP contribution in [0.15, 0.2) is 42.5 Å². The molecular weight excluding hydrogens is 341 g/mol. The van der Waals surface area contributed by atoms with Gasteiger partial charge in [-0.05, 0) is 31.9 Å². The normalized spacial score (nSPS) is 15.3. The molecule has 0 atom stereocenters. The van der Waals surface area contributed by atoms with Crippen LogP contribution in [-0.4, -0.2) is 12.6 Å². The molecule has 1 N–H and O–H groups in total. The first-order chi connectivity index (χ1) is 13.3. The van der Waals surface area contributed by atoms with E-state index in [1.807, 2.05) is 25.1 Å². The van der Waals surface area contributed by atoms with Gasteiger partial charge in [0, 0.05) is 23.7 Å². The highest BCUT2D eigenvalue weighted by Gasteiger charge is 2.16. The summed E-state index contributed by atoms with van der Waals surface area (Å²) in [6.07, 6.45) is 7.75. The van der Waals surface area contributed by atoms with Gasteiger partial charge in [-0.3, -0.25) is 0 Å². The molecule has 4 heteroatoms. The van der Waals surface area contributed by atoms with Crippen LogP contribution in [0.4, 0.5) is 4.39 Å². The Morgan fingerprint density at radius 2 is 1.67 bits per heavy atom. The molecule has 0 amide bonds. The molecule has 0 bridgehead atoms. The van der Waals surface area contributed by atoms with Gasteiger partial charge >= 0.3 is 0 Å². The number of nitrogens with one attached hydrogen (secondary N) is 1. The summed E-state index contributed by atoms with van der Waals surface area (Å²) < 4.78 is 25.8. The van der Waals surface area contributed by atoms with Gasteiger partial charge in [-0.1, -0.05) is 56.0 Å².